The topological polar surface area (TPSA) is 71.3 Å². The summed E-state index contributed by atoms with van der Waals surface area (Å²) in [5.74, 6) is 0.961. The van der Waals surface area contributed by atoms with E-state index in [1.54, 1.807) is 16.2 Å². The molecule has 1 aliphatic rings. The highest BCUT2D eigenvalue weighted by atomic mass is 32.1. The highest BCUT2D eigenvalue weighted by Crippen LogP contribution is 2.38. The third-order valence-electron chi connectivity index (χ3n) is 6.04. The summed E-state index contributed by atoms with van der Waals surface area (Å²) >= 11 is 1.56. The molecule has 0 spiro atoms. The molecule has 5 rings (SSSR count). The molecule has 0 bridgehead atoms. The van der Waals surface area contributed by atoms with Gasteiger partial charge in [0.25, 0.3) is 5.89 Å². The Morgan fingerprint density at radius 1 is 1.03 bits per heavy atom. The molecule has 0 aliphatic carbocycles. The minimum Gasteiger partial charge on any atom is -0.334 e. The van der Waals surface area contributed by atoms with Gasteiger partial charge in [-0.25, -0.2) is 4.79 Å². The second-order valence-electron chi connectivity index (χ2n) is 8.20. The number of allylic oxidation sites excluding steroid dienone is 1. The summed E-state index contributed by atoms with van der Waals surface area (Å²) in [6.07, 6.45) is 0. The monoisotopic (exact) mass is 456 g/mol. The number of thiophene rings is 1. The molecular formula is C26H24N4O2S. The van der Waals surface area contributed by atoms with Crippen molar-refractivity contribution in [1.82, 2.24) is 20.4 Å². The summed E-state index contributed by atoms with van der Waals surface area (Å²) in [4.78, 5) is 20.6. The maximum absolute atomic E-state index is 13.2. The van der Waals surface area contributed by atoms with Crippen molar-refractivity contribution in [3.63, 3.8) is 0 Å². The molecule has 1 N–H and O–H groups in total. The van der Waals surface area contributed by atoms with Crippen LogP contribution in [0.25, 0.3) is 16.3 Å². The van der Waals surface area contributed by atoms with Crippen LogP contribution in [0.4, 0.5) is 4.79 Å². The van der Waals surface area contributed by atoms with E-state index in [-0.39, 0.29) is 12.1 Å². The van der Waals surface area contributed by atoms with Crippen molar-refractivity contribution in [3.8, 4) is 10.7 Å². The van der Waals surface area contributed by atoms with E-state index in [4.69, 9.17) is 9.51 Å². The van der Waals surface area contributed by atoms with Crippen LogP contribution in [0.15, 0.2) is 76.3 Å². The zero-order valence-electron chi connectivity index (χ0n) is 18.7. The van der Waals surface area contributed by atoms with Crippen molar-refractivity contribution < 1.29 is 9.32 Å². The van der Waals surface area contributed by atoms with E-state index in [1.807, 2.05) is 60.8 Å². The number of aryl methyl sites for hydroxylation is 2. The average Bonchev–Trinajstić information content (AvgIpc) is 3.51. The Kier molecular flexibility index (Phi) is 5.56. The van der Waals surface area contributed by atoms with E-state index < -0.39 is 0 Å². The minimum absolute atomic E-state index is 0.152. The largest absolute Gasteiger partial charge is 0.334 e. The summed E-state index contributed by atoms with van der Waals surface area (Å²) in [5, 5.41) is 9.37. The maximum atomic E-state index is 13.2. The summed E-state index contributed by atoms with van der Waals surface area (Å²) in [6, 6.07) is 19.5. The molecule has 2 amide bonds. The van der Waals surface area contributed by atoms with E-state index in [0.29, 0.717) is 18.3 Å². The molecule has 3 heterocycles. The smallest absolute Gasteiger partial charge is 0.322 e. The molecule has 2 aromatic heterocycles. The lowest BCUT2D eigenvalue weighted by molar-refractivity contribution is 0.203. The van der Waals surface area contributed by atoms with E-state index >= 15 is 0 Å². The van der Waals surface area contributed by atoms with Gasteiger partial charge in [0.15, 0.2) is 0 Å². The SMILES string of the molecule is CC1=C(c2nc(-c3cccs3)no2)C(c2ccc(C)c(C)c2)NC(=O)N1Cc1ccccc1. The number of carbonyl (C=O) groups excluding carboxylic acids is 1. The number of nitrogens with one attached hydrogen (secondary N) is 1. The highest BCUT2D eigenvalue weighted by Gasteiger charge is 2.36. The number of nitrogens with zero attached hydrogens (tertiary/aromatic N) is 3. The van der Waals surface area contributed by atoms with Gasteiger partial charge in [0.1, 0.15) is 0 Å². The fourth-order valence-corrected chi connectivity index (χ4v) is 4.70. The maximum Gasteiger partial charge on any atom is 0.322 e. The lowest BCUT2D eigenvalue weighted by atomic mass is 9.92. The predicted octanol–water partition coefficient (Wildman–Crippen LogP) is 6.11. The summed E-state index contributed by atoms with van der Waals surface area (Å²) in [5.41, 5.74) is 6.00. The Balaban J connectivity index is 1.61. The van der Waals surface area contributed by atoms with Crippen LogP contribution in [-0.2, 0) is 6.54 Å². The number of hydrogen-bond acceptors (Lipinski definition) is 5. The molecule has 0 saturated carbocycles. The van der Waals surface area contributed by atoms with Gasteiger partial charge in [0, 0.05) is 5.70 Å². The second-order valence-corrected chi connectivity index (χ2v) is 9.15. The van der Waals surface area contributed by atoms with Crippen molar-refractivity contribution in [2.24, 2.45) is 0 Å². The van der Waals surface area contributed by atoms with Crippen molar-refractivity contribution >= 4 is 22.9 Å². The summed E-state index contributed by atoms with van der Waals surface area (Å²) < 4.78 is 5.75. The summed E-state index contributed by atoms with van der Waals surface area (Å²) in [6.45, 7) is 6.55. The van der Waals surface area contributed by atoms with Crippen molar-refractivity contribution in [2.75, 3.05) is 0 Å². The molecule has 7 heteroatoms. The lowest BCUT2D eigenvalue weighted by Crippen LogP contribution is -2.45. The van der Waals surface area contributed by atoms with Crippen molar-refractivity contribution in [2.45, 2.75) is 33.4 Å². The Labute approximate surface area is 196 Å². The molecule has 6 nitrogen and oxygen atoms in total. The van der Waals surface area contributed by atoms with Crippen LogP contribution in [0.1, 0.15) is 41.1 Å². The fraction of sp³-hybridized carbons (Fsp3) is 0.192. The van der Waals surface area contributed by atoms with Crippen LogP contribution in [-0.4, -0.2) is 21.1 Å². The van der Waals surface area contributed by atoms with Gasteiger partial charge < -0.3 is 9.84 Å². The van der Waals surface area contributed by atoms with Gasteiger partial charge in [-0.05, 0) is 54.5 Å². The van der Waals surface area contributed by atoms with Crippen molar-refractivity contribution in [3.05, 3.63) is 99.9 Å². The van der Waals surface area contributed by atoms with Crippen LogP contribution in [0, 0.1) is 13.8 Å². The Morgan fingerprint density at radius 3 is 2.58 bits per heavy atom. The van der Waals surface area contributed by atoms with E-state index in [2.05, 4.69) is 36.5 Å². The van der Waals surface area contributed by atoms with E-state index in [1.165, 1.54) is 5.56 Å². The van der Waals surface area contributed by atoms with Crippen LogP contribution < -0.4 is 5.32 Å². The van der Waals surface area contributed by atoms with Crippen molar-refractivity contribution in [1.29, 1.82) is 0 Å². The minimum atomic E-state index is -0.388. The lowest BCUT2D eigenvalue weighted by Gasteiger charge is -2.35. The molecule has 1 atom stereocenters. The first-order valence-electron chi connectivity index (χ1n) is 10.8. The molecule has 0 fully saturated rings. The quantitative estimate of drug-likeness (QED) is 0.393. The van der Waals surface area contributed by atoms with Gasteiger partial charge in [0.2, 0.25) is 5.82 Å². The average molecular weight is 457 g/mol. The molecule has 0 radical (unpaired) electrons. The van der Waals surface area contributed by atoms with Crippen LogP contribution in [0.3, 0.4) is 0 Å². The molecule has 33 heavy (non-hydrogen) atoms. The predicted molar refractivity (Wildman–Crippen MR) is 129 cm³/mol. The number of aromatic nitrogens is 2. The molecule has 0 saturated heterocycles. The molecule has 166 valence electrons. The van der Waals surface area contributed by atoms with Gasteiger partial charge in [-0.1, -0.05) is 59.8 Å². The second kappa shape index (κ2) is 8.67. The summed E-state index contributed by atoms with van der Waals surface area (Å²) in [7, 11) is 0. The van der Waals surface area contributed by atoms with Gasteiger partial charge in [-0.2, -0.15) is 4.98 Å². The first-order chi connectivity index (χ1) is 16.0. The molecular weight excluding hydrogens is 432 g/mol. The van der Waals surface area contributed by atoms with Gasteiger partial charge in [-0.3, -0.25) is 4.90 Å². The molecule has 2 aromatic carbocycles. The van der Waals surface area contributed by atoms with E-state index in [9.17, 15) is 4.79 Å². The van der Waals surface area contributed by atoms with Gasteiger partial charge in [-0.15, -0.1) is 11.3 Å². The third kappa shape index (κ3) is 4.07. The standard InChI is InChI=1S/C26H24N4O2S/c1-16-11-12-20(14-17(16)2)23-22(25-28-24(29-32-25)21-10-7-13-33-21)18(3)30(26(31)27-23)15-19-8-5-4-6-9-19/h4-14,23H,15H2,1-3H3,(H,27,31). The zero-order chi connectivity index (χ0) is 22.9. The first kappa shape index (κ1) is 21.2. The van der Waals surface area contributed by atoms with Gasteiger partial charge >= 0.3 is 6.03 Å². The first-order valence-corrected chi connectivity index (χ1v) is 11.7. The Morgan fingerprint density at radius 2 is 1.85 bits per heavy atom. The Bertz CT molecular complexity index is 1330. The molecule has 4 aromatic rings. The number of amides is 2. The van der Waals surface area contributed by atoms with Crippen LogP contribution in [0.5, 0.6) is 0 Å². The molecule has 1 unspecified atom stereocenters. The highest BCUT2D eigenvalue weighted by molar-refractivity contribution is 7.13. The fourth-order valence-electron chi connectivity index (χ4n) is 4.05. The van der Waals surface area contributed by atoms with Gasteiger partial charge in [0.05, 0.1) is 23.0 Å². The normalized spacial score (nSPS) is 16.3. The number of urea groups is 1. The number of rotatable bonds is 5. The molecule has 1 aliphatic heterocycles. The van der Waals surface area contributed by atoms with Crippen LogP contribution >= 0.6 is 11.3 Å². The third-order valence-corrected chi connectivity index (χ3v) is 6.91. The zero-order valence-corrected chi connectivity index (χ0v) is 19.5. The number of hydrogen-bond donors (Lipinski definition) is 1. The van der Waals surface area contributed by atoms with E-state index in [0.717, 1.165) is 32.8 Å². The number of benzene rings is 2. The number of carbonyl (C=O) groups is 1. The van der Waals surface area contributed by atoms with Crippen LogP contribution in [0.2, 0.25) is 0 Å². The Hall–Kier alpha value is -3.71.